The average Bonchev–Trinajstić information content (AvgIpc) is 2.57. The van der Waals surface area contributed by atoms with Gasteiger partial charge in [0.2, 0.25) is 0 Å². The lowest BCUT2D eigenvalue weighted by atomic mass is 10.2. The number of amides is 1. The molecule has 2 rings (SSSR count). The molecule has 1 amide bonds. The summed E-state index contributed by atoms with van der Waals surface area (Å²) in [4.78, 5) is 14.5. The number of halogens is 2. The summed E-state index contributed by atoms with van der Waals surface area (Å²) in [5.41, 5.74) is 0.245. The molecule has 0 spiro atoms. The Morgan fingerprint density at radius 2 is 2.00 bits per heavy atom. The minimum absolute atomic E-state index is 0.150. The number of nitrogens with one attached hydrogen (secondary N) is 1. The molecule has 1 N–H and O–H groups in total. The summed E-state index contributed by atoms with van der Waals surface area (Å²) in [6, 6.07) is 4.20. The van der Waals surface area contributed by atoms with Crippen molar-refractivity contribution in [1.29, 1.82) is 0 Å². The third kappa shape index (κ3) is 6.10. The molecule has 0 bridgehead atoms. The van der Waals surface area contributed by atoms with Gasteiger partial charge in [-0.2, -0.15) is 8.78 Å². The van der Waals surface area contributed by atoms with E-state index in [1.54, 1.807) is 0 Å². The maximum absolute atomic E-state index is 12.5. The molecule has 1 heterocycles. The summed E-state index contributed by atoms with van der Waals surface area (Å²) < 4.78 is 40.0. The van der Waals surface area contributed by atoms with Gasteiger partial charge >= 0.3 is 6.61 Å². The highest BCUT2D eigenvalue weighted by Crippen LogP contribution is 2.29. The Morgan fingerprint density at radius 1 is 1.31 bits per heavy atom. The van der Waals surface area contributed by atoms with Crippen LogP contribution in [-0.2, 0) is 4.74 Å². The zero-order valence-electron chi connectivity index (χ0n) is 15.3. The number of carbonyl (C=O) groups excluding carboxylic acids is 1. The Kier molecular flexibility index (Phi) is 7.59. The van der Waals surface area contributed by atoms with Gasteiger partial charge in [-0.25, -0.2) is 0 Å². The lowest BCUT2D eigenvalue weighted by Crippen LogP contribution is -2.46. The van der Waals surface area contributed by atoms with Crippen molar-refractivity contribution in [3.05, 3.63) is 23.8 Å². The first-order chi connectivity index (χ1) is 12.4. The van der Waals surface area contributed by atoms with Gasteiger partial charge in [0, 0.05) is 31.7 Å². The van der Waals surface area contributed by atoms with E-state index in [-0.39, 0.29) is 35.2 Å². The fraction of sp³-hybridized carbons (Fsp3) is 0.611. The molecule has 6 nitrogen and oxygen atoms in total. The average molecular weight is 372 g/mol. The van der Waals surface area contributed by atoms with Crippen molar-refractivity contribution in [1.82, 2.24) is 10.2 Å². The first-order valence-electron chi connectivity index (χ1n) is 8.68. The molecule has 1 aliphatic heterocycles. The molecular formula is C18H26F2N2O4. The van der Waals surface area contributed by atoms with Crippen molar-refractivity contribution in [3.63, 3.8) is 0 Å². The summed E-state index contributed by atoms with van der Waals surface area (Å²) in [5, 5.41) is 2.80. The molecule has 0 unspecified atom stereocenters. The monoisotopic (exact) mass is 372 g/mol. The fourth-order valence-corrected chi connectivity index (χ4v) is 3.08. The van der Waals surface area contributed by atoms with Crippen LogP contribution in [-0.4, -0.2) is 62.9 Å². The maximum atomic E-state index is 12.5. The summed E-state index contributed by atoms with van der Waals surface area (Å²) in [7, 11) is 1.35. The molecule has 0 radical (unpaired) electrons. The highest BCUT2D eigenvalue weighted by molar-refractivity contribution is 5.94. The lowest BCUT2D eigenvalue weighted by Gasteiger charge is -2.35. The highest BCUT2D eigenvalue weighted by Gasteiger charge is 2.21. The van der Waals surface area contributed by atoms with E-state index >= 15 is 0 Å². The number of alkyl halides is 2. The minimum Gasteiger partial charge on any atom is -0.493 e. The molecule has 1 fully saturated rings. The van der Waals surface area contributed by atoms with Crippen LogP contribution >= 0.6 is 0 Å². The Bertz CT molecular complexity index is 591. The first kappa shape index (κ1) is 20.4. The summed E-state index contributed by atoms with van der Waals surface area (Å²) in [5.74, 6) is -0.348. The van der Waals surface area contributed by atoms with Crippen LogP contribution in [0, 0.1) is 0 Å². The molecular weight excluding hydrogens is 346 g/mol. The molecule has 0 aromatic heterocycles. The predicted molar refractivity (Wildman–Crippen MR) is 93.0 cm³/mol. The Morgan fingerprint density at radius 3 is 2.62 bits per heavy atom. The van der Waals surface area contributed by atoms with Crippen molar-refractivity contribution in [2.75, 3.05) is 33.3 Å². The standard InChI is InChI=1S/C18H26F2N2O4/c1-12-10-22(11-13(2)25-12)8-4-7-21-17(23)14-5-6-15(24-3)16(9-14)26-18(19)20/h5-6,9,12-13,18H,4,7-8,10-11H2,1-3H3,(H,21,23)/t12-,13+. The van der Waals surface area contributed by atoms with E-state index in [1.807, 2.05) is 13.8 Å². The lowest BCUT2D eigenvalue weighted by molar-refractivity contribution is -0.0680. The highest BCUT2D eigenvalue weighted by atomic mass is 19.3. The van der Waals surface area contributed by atoms with Gasteiger partial charge < -0.3 is 19.5 Å². The smallest absolute Gasteiger partial charge is 0.387 e. The van der Waals surface area contributed by atoms with Crippen molar-refractivity contribution in [3.8, 4) is 11.5 Å². The van der Waals surface area contributed by atoms with Crippen LogP contribution in [0.25, 0.3) is 0 Å². The van der Waals surface area contributed by atoms with Gasteiger partial charge in [0.25, 0.3) is 5.91 Å². The van der Waals surface area contributed by atoms with Crippen molar-refractivity contribution in [2.24, 2.45) is 0 Å². The number of hydrogen-bond acceptors (Lipinski definition) is 5. The van der Waals surface area contributed by atoms with Gasteiger partial charge in [-0.1, -0.05) is 0 Å². The van der Waals surface area contributed by atoms with Crippen LogP contribution in [0.5, 0.6) is 11.5 Å². The Hall–Kier alpha value is -1.93. The number of ether oxygens (including phenoxy) is 3. The fourth-order valence-electron chi connectivity index (χ4n) is 3.08. The minimum atomic E-state index is -2.99. The molecule has 1 aliphatic rings. The summed E-state index contributed by atoms with van der Waals surface area (Å²) >= 11 is 0. The summed E-state index contributed by atoms with van der Waals surface area (Å²) in [6.45, 7) is 4.23. The molecule has 0 aliphatic carbocycles. The quantitative estimate of drug-likeness (QED) is 0.711. The van der Waals surface area contributed by atoms with Gasteiger partial charge in [-0.15, -0.1) is 0 Å². The molecule has 1 saturated heterocycles. The van der Waals surface area contributed by atoms with Crippen molar-refractivity contribution >= 4 is 5.91 Å². The second-order valence-corrected chi connectivity index (χ2v) is 6.37. The van der Waals surface area contributed by atoms with Crippen LogP contribution < -0.4 is 14.8 Å². The van der Waals surface area contributed by atoms with Gasteiger partial charge in [-0.05, 0) is 38.5 Å². The van der Waals surface area contributed by atoms with Crippen LogP contribution in [0.1, 0.15) is 30.6 Å². The number of rotatable bonds is 8. The van der Waals surface area contributed by atoms with Crippen LogP contribution in [0.15, 0.2) is 18.2 Å². The number of benzene rings is 1. The molecule has 2 atom stereocenters. The van der Waals surface area contributed by atoms with Gasteiger partial charge in [0.1, 0.15) is 0 Å². The van der Waals surface area contributed by atoms with E-state index in [2.05, 4.69) is 15.0 Å². The molecule has 0 saturated carbocycles. The predicted octanol–water partition coefficient (Wildman–Crippen LogP) is 2.53. The normalized spacial score (nSPS) is 20.8. The number of nitrogens with zero attached hydrogens (tertiary/aromatic N) is 1. The zero-order valence-corrected chi connectivity index (χ0v) is 15.3. The van der Waals surface area contributed by atoms with E-state index < -0.39 is 6.61 Å². The number of methoxy groups -OCH3 is 1. The van der Waals surface area contributed by atoms with Crippen molar-refractivity contribution < 1.29 is 27.8 Å². The van der Waals surface area contributed by atoms with E-state index in [9.17, 15) is 13.6 Å². The molecule has 146 valence electrons. The van der Waals surface area contributed by atoms with Crippen LogP contribution in [0.2, 0.25) is 0 Å². The SMILES string of the molecule is COc1ccc(C(=O)NCCCN2C[C@@H](C)O[C@@H](C)C2)cc1OC(F)F. The Balaban J connectivity index is 1.82. The number of carbonyl (C=O) groups is 1. The third-order valence-electron chi connectivity index (χ3n) is 4.07. The molecule has 26 heavy (non-hydrogen) atoms. The third-order valence-corrected chi connectivity index (χ3v) is 4.07. The van der Waals surface area contributed by atoms with Crippen LogP contribution in [0.4, 0.5) is 8.78 Å². The zero-order chi connectivity index (χ0) is 19.1. The molecule has 1 aromatic carbocycles. The van der Waals surface area contributed by atoms with Crippen LogP contribution in [0.3, 0.4) is 0 Å². The summed E-state index contributed by atoms with van der Waals surface area (Å²) in [6.07, 6.45) is 1.21. The number of hydrogen-bond donors (Lipinski definition) is 1. The molecule has 8 heteroatoms. The van der Waals surface area contributed by atoms with Gasteiger partial charge in [0.05, 0.1) is 19.3 Å². The first-order valence-corrected chi connectivity index (χ1v) is 8.68. The van der Waals surface area contributed by atoms with Gasteiger partial charge in [-0.3, -0.25) is 9.69 Å². The van der Waals surface area contributed by atoms with E-state index in [0.717, 1.165) is 26.1 Å². The second-order valence-electron chi connectivity index (χ2n) is 6.37. The molecule has 1 aromatic rings. The Labute approximate surface area is 152 Å². The van der Waals surface area contributed by atoms with E-state index in [1.165, 1.54) is 25.3 Å². The van der Waals surface area contributed by atoms with E-state index in [4.69, 9.17) is 9.47 Å². The second kappa shape index (κ2) is 9.68. The maximum Gasteiger partial charge on any atom is 0.387 e. The van der Waals surface area contributed by atoms with E-state index in [0.29, 0.717) is 6.54 Å². The number of morpholine rings is 1. The van der Waals surface area contributed by atoms with Crippen molar-refractivity contribution in [2.45, 2.75) is 39.1 Å². The largest absolute Gasteiger partial charge is 0.493 e. The topological polar surface area (TPSA) is 60.0 Å². The van der Waals surface area contributed by atoms with Gasteiger partial charge in [0.15, 0.2) is 11.5 Å².